The standard InChI is InChI=1S/C61H38N4O/c66-61-53-37-58-52(35-47(53)51-36-50-46-26-14-16-28-55(46)63(42-19-7-2-8-20-42)59(50)38-60(51)65(61)44-23-11-4-12-24-44)49-34-40(30-32-57(49)64(58)43-21-9-3-10-22-43)39-29-31-56-48(33-39)45-25-13-15-27-54(45)62(56)41-17-5-1-6-18-41/h1-38H. The fourth-order valence-electron chi connectivity index (χ4n) is 10.8. The summed E-state index contributed by atoms with van der Waals surface area (Å²) in [7, 11) is 0. The number of para-hydroxylation sites is 6. The molecule has 4 heterocycles. The highest BCUT2D eigenvalue weighted by molar-refractivity contribution is 6.22. The van der Waals surface area contributed by atoms with Gasteiger partial charge in [-0.1, -0.05) is 121 Å². The van der Waals surface area contributed by atoms with Gasteiger partial charge in [0.15, 0.2) is 0 Å². The lowest BCUT2D eigenvalue weighted by molar-refractivity contribution is 1.06. The van der Waals surface area contributed by atoms with Gasteiger partial charge in [-0.3, -0.25) is 9.36 Å². The molecule has 10 aromatic carbocycles. The second kappa shape index (κ2) is 14.0. The third-order valence-electron chi connectivity index (χ3n) is 13.7. The van der Waals surface area contributed by atoms with Crippen LogP contribution < -0.4 is 5.56 Å². The molecule has 0 atom stereocenters. The van der Waals surface area contributed by atoms with E-state index in [4.69, 9.17) is 0 Å². The van der Waals surface area contributed by atoms with Gasteiger partial charge in [-0.15, -0.1) is 0 Å². The van der Waals surface area contributed by atoms with Gasteiger partial charge >= 0.3 is 0 Å². The highest BCUT2D eigenvalue weighted by atomic mass is 16.1. The Kier molecular flexibility index (Phi) is 7.77. The molecule has 5 nitrogen and oxygen atoms in total. The number of aromatic nitrogens is 4. The molecule has 66 heavy (non-hydrogen) atoms. The van der Waals surface area contributed by atoms with Crippen molar-refractivity contribution in [3.05, 3.63) is 241 Å². The summed E-state index contributed by atoms with van der Waals surface area (Å²) >= 11 is 0. The van der Waals surface area contributed by atoms with Crippen LogP contribution in [0.25, 0.3) is 121 Å². The highest BCUT2D eigenvalue weighted by Crippen LogP contribution is 2.42. The SMILES string of the molecule is O=c1c2cc3c(cc2c2cc4c5ccccc5n(-c5ccccc5)c4cc2n1-c1ccccc1)c1cc(-c2ccc4c(c2)c2ccccc2n4-c2ccccc2)ccc1n3-c1ccccc1. The summed E-state index contributed by atoms with van der Waals surface area (Å²) in [4.78, 5) is 15.4. The van der Waals surface area contributed by atoms with E-state index in [1.165, 1.54) is 27.2 Å². The fourth-order valence-corrected chi connectivity index (χ4v) is 10.8. The summed E-state index contributed by atoms with van der Waals surface area (Å²) in [5.74, 6) is 0. The van der Waals surface area contributed by atoms with Crippen LogP contribution in [-0.4, -0.2) is 18.3 Å². The Hall–Kier alpha value is -8.93. The average Bonchev–Trinajstić information content (AvgIpc) is 4.01. The Morgan fingerprint density at radius 2 is 0.545 bits per heavy atom. The minimum absolute atomic E-state index is 0.0548. The zero-order valence-electron chi connectivity index (χ0n) is 35.6. The maximum atomic E-state index is 15.4. The first-order valence-corrected chi connectivity index (χ1v) is 22.5. The van der Waals surface area contributed by atoms with Gasteiger partial charge < -0.3 is 13.7 Å². The van der Waals surface area contributed by atoms with Crippen molar-refractivity contribution >= 4 is 87.1 Å². The number of rotatable bonds is 5. The third kappa shape index (κ3) is 5.25. The van der Waals surface area contributed by atoms with Crippen LogP contribution in [0.2, 0.25) is 0 Å². The largest absolute Gasteiger partial charge is 0.309 e. The van der Waals surface area contributed by atoms with E-state index in [1.807, 2.05) is 34.9 Å². The molecule has 0 amide bonds. The summed E-state index contributed by atoms with van der Waals surface area (Å²) in [6, 6.07) is 81.7. The number of fused-ring (bicyclic) bond motifs is 12. The van der Waals surface area contributed by atoms with Crippen molar-refractivity contribution in [1.82, 2.24) is 18.3 Å². The summed E-state index contributed by atoms with van der Waals surface area (Å²) < 4.78 is 8.91. The van der Waals surface area contributed by atoms with Gasteiger partial charge in [0, 0.05) is 60.5 Å². The number of hydrogen-bond donors (Lipinski definition) is 0. The van der Waals surface area contributed by atoms with Crippen molar-refractivity contribution < 1.29 is 0 Å². The normalized spacial score (nSPS) is 12.0. The Balaban J connectivity index is 1.08. The Labute approximate surface area is 378 Å². The maximum Gasteiger partial charge on any atom is 0.263 e. The van der Waals surface area contributed by atoms with Crippen LogP contribution in [0.1, 0.15) is 0 Å². The van der Waals surface area contributed by atoms with E-state index < -0.39 is 0 Å². The number of hydrogen-bond acceptors (Lipinski definition) is 1. The molecule has 0 aliphatic carbocycles. The van der Waals surface area contributed by atoms with Gasteiger partial charge in [0.05, 0.1) is 44.0 Å². The summed E-state index contributed by atoms with van der Waals surface area (Å²) in [5.41, 5.74) is 13.8. The fraction of sp³-hybridized carbons (Fsp3) is 0. The molecule has 5 heteroatoms. The average molecular weight is 843 g/mol. The first-order chi connectivity index (χ1) is 32.7. The molecule has 0 saturated carbocycles. The zero-order valence-corrected chi connectivity index (χ0v) is 35.6. The van der Waals surface area contributed by atoms with Gasteiger partial charge in [-0.05, 0) is 126 Å². The maximum absolute atomic E-state index is 15.4. The second-order valence-corrected chi connectivity index (χ2v) is 17.3. The van der Waals surface area contributed by atoms with Gasteiger partial charge in [-0.2, -0.15) is 0 Å². The number of pyridine rings is 1. The minimum atomic E-state index is -0.0548. The molecule has 0 bridgehead atoms. The van der Waals surface area contributed by atoms with Crippen LogP contribution in [0.15, 0.2) is 235 Å². The molecule has 0 fully saturated rings. The third-order valence-corrected chi connectivity index (χ3v) is 13.7. The summed E-state index contributed by atoms with van der Waals surface area (Å²) in [6.45, 7) is 0. The lowest BCUT2D eigenvalue weighted by atomic mass is 9.98. The predicted octanol–water partition coefficient (Wildman–Crippen LogP) is 15.1. The molecule has 0 unspecified atom stereocenters. The van der Waals surface area contributed by atoms with Crippen LogP contribution in [-0.2, 0) is 0 Å². The molecule has 14 rings (SSSR count). The van der Waals surface area contributed by atoms with E-state index >= 15 is 4.79 Å². The monoisotopic (exact) mass is 842 g/mol. The van der Waals surface area contributed by atoms with Crippen LogP contribution >= 0.6 is 0 Å². The molecule has 0 aliphatic heterocycles. The molecule has 308 valence electrons. The minimum Gasteiger partial charge on any atom is -0.309 e. The van der Waals surface area contributed by atoms with E-state index in [2.05, 4.69) is 214 Å². The molecular weight excluding hydrogens is 805 g/mol. The van der Waals surface area contributed by atoms with Gasteiger partial charge in [0.25, 0.3) is 5.56 Å². The molecular formula is C61H38N4O. The van der Waals surface area contributed by atoms with Gasteiger partial charge in [0.2, 0.25) is 0 Å². The van der Waals surface area contributed by atoms with E-state index in [0.29, 0.717) is 5.39 Å². The van der Waals surface area contributed by atoms with Crippen molar-refractivity contribution in [1.29, 1.82) is 0 Å². The Bertz CT molecular complexity index is 4330. The number of benzene rings is 10. The highest BCUT2D eigenvalue weighted by Gasteiger charge is 2.22. The van der Waals surface area contributed by atoms with Crippen molar-refractivity contribution in [3.63, 3.8) is 0 Å². The van der Waals surface area contributed by atoms with E-state index in [1.54, 1.807) is 0 Å². The van der Waals surface area contributed by atoms with Crippen molar-refractivity contribution in [3.8, 4) is 33.9 Å². The topological polar surface area (TPSA) is 36.8 Å². The van der Waals surface area contributed by atoms with Gasteiger partial charge in [0.1, 0.15) is 0 Å². The quantitative estimate of drug-likeness (QED) is 0.159. The smallest absolute Gasteiger partial charge is 0.263 e. The lowest BCUT2D eigenvalue weighted by Gasteiger charge is -2.15. The van der Waals surface area contributed by atoms with Crippen LogP contribution in [0.3, 0.4) is 0 Å². The van der Waals surface area contributed by atoms with Crippen LogP contribution in [0.5, 0.6) is 0 Å². The second-order valence-electron chi connectivity index (χ2n) is 17.3. The van der Waals surface area contributed by atoms with Crippen molar-refractivity contribution in [2.45, 2.75) is 0 Å². The molecule has 0 aliphatic rings. The Morgan fingerprint density at radius 3 is 1.06 bits per heavy atom. The van der Waals surface area contributed by atoms with E-state index in [-0.39, 0.29) is 5.56 Å². The summed E-state index contributed by atoms with van der Waals surface area (Å²) in [6.07, 6.45) is 0. The van der Waals surface area contributed by atoms with Crippen molar-refractivity contribution in [2.24, 2.45) is 0 Å². The molecule has 0 saturated heterocycles. The van der Waals surface area contributed by atoms with Crippen LogP contribution in [0.4, 0.5) is 0 Å². The van der Waals surface area contributed by atoms with Crippen LogP contribution in [0, 0.1) is 0 Å². The molecule has 4 aromatic heterocycles. The zero-order chi connectivity index (χ0) is 43.5. The number of nitrogens with zero attached hydrogens (tertiary/aromatic N) is 4. The summed E-state index contributed by atoms with van der Waals surface area (Å²) in [5, 5.41) is 9.59. The van der Waals surface area contributed by atoms with E-state index in [9.17, 15) is 0 Å². The van der Waals surface area contributed by atoms with Crippen molar-refractivity contribution in [2.75, 3.05) is 0 Å². The molecule has 0 radical (unpaired) electrons. The first kappa shape index (κ1) is 36.5. The Morgan fingerprint density at radius 1 is 0.212 bits per heavy atom. The molecule has 14 aromatic rings. The lowest BCUT2D eigenvalue weighted by Crippen LogP contribution is -2.19. The first-order valence-electron chi connectivity index (χ1n) is 22.5. The predicted molar refractivity (Wildman–Crippen MR) is 276 cm³/mol. The molecule has 0 spiro atoms. The van der Waals surface area contributed by atoms with E-state index in [0.717, 1.165) is 88.4 Å². The van der Waals surface area contributed by atoms with Gasteiger partial charge in [-0.25, -0.2) is 0 Å². The molecule has 0 N–H and O–H groups in total.